The van der Waals surface area contributed by atoms with Gasteiger partial charge < -0.3 is 14.8 Å². The Balaban J connectivity index is 1.77. The fraction of sp³-hybridized carbons (Fsp3) is 0.579. The van der Waals surface area contributed by atoms with E-state index in [1.54, 1.807) is 0 Å². The first-order valence-electron chi connectivity index (χ1n) is 8.61. The maximum absolute atomic E-state index is 12.9. The number of nitrogens with one attached hydrogen (secondary N) is 2. The number of amides is 3. The first-order chi connectivity index (χ1) is 11.7. The summed E-state index contributed by atoms with van der Waals surface area (Å²) < 4.78 is 12.4. The number of rotatable bonds is 4. The number of hydrogen-bond donors (Lipinski definition) is 2. The standard InChI is InChI=1S/C19H26N2O4/c1-17(2)19(15(22)21-16(23)20-4)10-14(18(3,12-19)25-17)24-11-13-8-6-5-7-9-13/h5-9,14H,10-12H2,1-4H3,(H2,20,21,22,23)/t14-,18+,19+/m0/s1. The van der Waals surface area contributed by atoms with Crippen LogP contribution in [0, 0.1) is 5.41 Å². The first kappa shape index (κ1) is 17.9. The van der Waals surface area contributed by atoms with Gasteiger partial charge in [-0.25, -0.2) is 4.79 Å². The maximum Gasteiger partial charge on any atom is 0.321 e. The number of benzene rings is 1. The molecule has 25 heavy (non-hydrogen) atoms. The molecule has 0 aromatic heterocycles. The van der Waals surface area contributed by atoms with Crippen LogP contribution in [0.5, 0.6) is 0 Å². The average Bonchev–Trinajstić information content (AvgIpc) is 2.98. The van der Waals surface area contributed by atoms with E-state index < -0.39 is 22.6 Å². The van der Waals surface area contributed by atoms with Crippen molar-refractivity contribution in [2.75, 3.05) is 7.05 Å². The van der Waals surface area contributed by atoms with Crippen LogP contribution in [0.2, 0.25) is 0 Å². The first-order valence-corrected chi connectivity index (χ1v) is 8.61. The second-order valence-corrected chi connectivity index (χ2v) is 7.71. The van der Waals surface area contributed by atoms with E-state index in [1.807, 2.05) is 51.1 Å². The van der Waals surface area contributed by atoms with Gasteiger partial charge in [-0.3, -0.25) is 10.1 Å². The minimum atomic E-state index is -0.782. The van der Waals surface area contributed by atoms with Crippen LogP contribution in [0.1, 0.15) is 39.2 Å². The number of ether oxygens (including phenoxy) is 2. The van der Waals surface area contributed by atoms with Gasteiger partial charge in [-0.1, -0.05) is 30.3 Å². The van der Waals surface area contributed by atoms with Gasteiger partial charge in [-0.15, -0.1) is 0 Å². The SMILES string of the molecule is CNC(=O)NC(=O)[C@@]12C[C@H](OCc3ccccc3)[C@@](C)(C1)OC2(C)C. The predicted molar refractivity (Wildman–Crippen MR) is 92.9 cm³/mol. The van der Waals surface area contributed by atoms with Crippen molar-refractivity contribution in [2.24, 2.45) is 5.41 Å². The highest BCUT2D eigenvalue weighted by atomic mass is 16.6. The highest BCUT2D eigenvalue weighted by Gasteiger charge is 2.71. The summed E-state index contributed by atoms with van der Waals surface area (Å²) in [7, 11) is 1.49. The zero-order valence-electron chi connectivity index (χ0n) is 15.2. The summed E-state index contributed by atoms with van der Waals surface area (Å²) in [6.45, 7) is 6.29. The van der Waals surface area contributed by atoms with Crippen molar-refractivity contribution in [3.63, 3.8) is 0 Å². The van der Waals surface area contributed by atoms with Crippen LogP contribution in [0.15, 0.2) is 30.3 Å². The topological polar surface area (TPSA) is 76.7 Å². The van der Waals surface area contributed by atoms with E-state index in [4.69, 9.17) is 9.47 Å². The molecule has 1 aromatic rings. The molecule has 3 atom stereocenters. The Bertz CT molecular complexity index is 675. The summed E-state index contributed by atoms with van der Waals surface area (Å²) in [5.41, 5.74) is -0.905. The quantitative estimate of drug-likeness (QED) is 0.877. The predicted octanol–water partition coefficient (Wildman–Crippen LogP) is 2.38. The van der Waals surface area contributed by atoms with E-state index in [0.29, 0.717) is 19.4 Å². The van der Waals surface area contributed by atoms with E-state index in [0.717, 1.165) is 5.56 Å². The molecular formula is C19H26N2O4. The Labute approximate surface area is 148 Å². The molecule has 1 heterocycles. The third-order valence-electron chi connectivity index (χ3n) is 5.69. The van der Waals surface area contributed by atoms with Crippen LogP contribution >= 0.6 is 0 Å². The molecule has 2 aliphatic rings. The lowest BCUT2D eigenvalue weighted by atomic mass is 9.72. The normalized spacial score (nSPS) is 32.4. The van der Waals surface area contributed by atoms with Gasteiger partial charge in [0, 0.05) is 7.05 Å². The molecule has 6 heteroatoms. The van der Waals surface area contributed by atoms with Gasteiger partial charge in [0.05, 0.1) is 29.3 Å². The molecule has 3 rings (SSSR count). The Morgan fingerprint density at radius 3 is 2.56 bits per heavy atom. The number of fused-ring (bicyclic) bond motifs is 2. The van der Waals surface area contributed by atoms with Crippen molar-refractivity contribution in [3.8, 4) is 0 Å². The second kappa shape index (κ2) is 6.11. The molecule has 1 aromatic carbocycles. The third kappa shape index (κ3) is 2.93. The summed E-state index contributed by atoms with van der Waals surface area (Å²) >= 11 is 0. The zero-order chi connectivity index (χ0) is 18.3. The molecule has 3 amide bonds. The van der Waals surface area contributed by atoms with Crippen LogP contribution in [0.4, 0.5) is 4.79 Å². The summed E-state index contributed by atoms with van der Waals surface area (Å²) in [5, 5.41) is 4.86. The minimum absolute atomic E-state index is 0.198. The summed E-state index contributed by atoms with van der Waals surface area (Å²) in [4.78, 5) is 24.5. The Morgan fingerprint density at radius 1 is 1.24 bits per heavy atom. The fourth-order valence-corrected chi connectivity index (χ4v) is 4.30. The van der Waals surface area contributed by atoms with Gasteiger partial charge in [-0.05, 0) is 39.2 Å². The van der Waals surface area contributed by atoms with Crippen LogP contribution in [-0.2, 0) is 20.9 Å². The molecular weight excluding hydrogens is 320 g/mol. The van der Waals surface area contributed by atoms with Crippen molar-refractivity contribution in [1.29, 1.82) is 0 Å². The number of carbonyl (C=O) groups is 2. The van der Waals surface area contributed by atoms with Gasteiger partial charge in [0.2, 0.25) is 5.91 Å². The lowest BCUT2D eigenvalue weighted by Gasteiger charge is -2.44. The molecule has 1 saturated heterocycles. The van der Waals surface area contributed by atoms with Crippen molar-refractivity contribution in [2.45, 2.75) is 57.5 Å². The minimum Gasteiger partial charge on any atom is -0.371 e. The Hall–Kier alpha value is -1.92. The average molecular weight is 346 g/mol. The van der Waals surface area contributed by atoms with Crippen molar-refractivity contribution in [1.82, 2.24) is 10.6 Å². The molecule has 6 nitrogen and oxygen atoms in total. The molecule has 0 spiro atoms. The van der Waals surface area contributed by atoms with E-state index in [2.05, 4.69) is 10.6 Å². The smallest absolute Gasteiger partial charge is 0.321 e. The molecule has 1 aliphatic carbocycles. The van der Waals surface area contributed by atoms with Crippen LogP contribution in [0.25, 0.3) is 0 Å². The van der Waals surface area contributed by atoms with Gasteiger partial charge in [0.15, 0.2) is 0 Å². The van der Waals surface area contributed by atoms with Crippen LogP contribution in [0.3, 0.4) is 0 Å². The Morgan fingerprint density at radius 2 is 1.92 bits per heavy atom. The number of carbonyl (C=O) groups excluding carboxylic acids is 2. The van der Waals surface area contributed by atoms with Crippen molar-refractivity contribution < 1.29 is 19.1 Å². The zero-order valence-corrected chi connectivity index (χ0v) is 15.2. The molecule has 2 N–H and O–H groups in total. The third-order valence-corrected chi connectivity index (χ3v) is 5.69. The largest absolute Gasteiger partial charge is 0.371 e. The molecule has 1 aliphatic heterocycles. The number of imide groups is 1. The van der Waals surface area contributed by atoms with Gasteiger partial charge >= 0.3 is 6.03 Å². The number of hydrogen-bond acceptors (Lipinski definition) is 4. The van der Waals surface area contributed by atoms with E-state index in [-0.39, 0.29) is 12.0 Å². The molecule has 0 unspecified atom stereocenters. The highest BCUT2D eigenvalue weighted by Crippen LogP contribution is 2.62. The van der Waals surface area contributed by atoms with Crippen LogP contribution in [-0.4, -0.2) is 36.3 Å². The number of urea groups is 1. The highest BCUT2D eigenvalue weighted by molar-refractivity contribution is 5.98. The summed E-state index contributed by atoms with van der Waals surface area (Å²) in [5.74, 6) is -0.300. The molecule has 2 bridgehead atoms. The Kier molecular flexibility index (Phi) is 4.37. The molecule has 136 valence electrons. The van der Waals surface area contributed by atoms with Gasteiger partial charge in [0.1, 0.15) is 0 Å². The van der Waals surface area contributed by atoms with Crippen molar-refractivity contribution in [3.05, 3.63) is 35.9 Å². The van der Waals surface area contributed by atoms with E-state index in [9.17, 15) is 9.59 Å². The van der Waals surface area contributed by atoms with Gasteiger partial charge in [-0.2, -0.15) is 0 Å². The van der Waals surface area contributed by atoms with E-state index >= 15 is 0 Å². The molecule has 2 fully saturated rings. The van der Waals surface area contributed by atoms with Gasteiger partial charge in [0.25, 0.3) is 0 Å². The summed E-state index contributed by atoms with van der Waals surface area (Å²) in [6.07, 6.45) is 0.873. The van der Waals surface area contributed by atoms with E-state index in [1.165, 1.54) is 7.05 Å². The lowest BCUT2D eigenvalue weighted by Crippen LogP contribution is -2.57. The molecule has 1 saturated carbocycles. The lowest BCUT2D eigenvalue weighted by molar-refractivity contribution is -0.202. The molecule has 0 radical (unpaired) electrons. The maximum atomic E-state index is 12.9. The summed E-state index contributed by atoms with van der Waals surface area (Å²) in [6, 6.07) is 9.42. The van der Waals surface area contributed by atoms with Crippen molar-refractivity contribution >= 4 is 11.9 Å². The van der Waals surface area contributed by atoms with Crippen LogP contribution < -0.4 is 10.6 Å². The second-order valence-electron chi connectivity index (χ2n) is 7.71. The fourth-order valence-electron chi connectivity index (χ4n) is 4.30. The monoisotopic (exact) mass is 346 g/mol.